The summed E-state index contributed by atoms with van der Waals surface area (Å²) >= 11 is 9.54. The fourth-order valence-electron chi connectivity index (χ4n) is 4.08. The van der Waals surface area contributed by atoms with Crippen molar-refractivity contribution in [3.05, 3.63) is 92.2 Å². The molecule has 5 nitrogen and oxygen atoms in total. The van der Waals surface area contributed by atoms with E-state index in [1.807, 2.05) is 61.8 Å². The van der Waals surface area contributed by atoms with Crippen LogP contribution in [0.4, 0.5) is 0 Å². The van der Waals surface area contributed by atoms with Crippen LogP contribution in [0.5, 0.6) is 0 Å². The highest BCUT2D eigenvalue weighted by Gasteiger charge is 2.21. The molecule has 2 N–H and O–H groups in total. The molecule has 39 heavy (non-hydrogen) atoms. The van der Waals surface area contributed by atoms with Crippen molar-refractivity contribution in [3.63, 3.8) is 0 Å². The second-order valence-corrected chi connectivity index (χ2v) is 11.9. The number of hydrogen-bond donors (Lipinski definition) is 2. The van der Waals surface area contributed by atoms with Gasteiger partial charge >= 0.3 is 0 Å². The number of nitrogens with zero attached hydrogens (tertiary/aromatic N) is 1. The highest BCUT2D eigenvalue weighted by Crippen LogP contribution is 2.29. The molecular formula is C31H42ClN3O2S2. The Labute approximate surface area is 248 Å². The normalized spacial score (nSPS) is 16.0. The summed E-state index contributed by atoms with van der Waals surface area (Å²) in [4.78, 5) is 26.2. The van der Waals surface area contributed by atoms with Gasteiger partial charge < -0.3 is 10.6 Å². The molecule has 1 saturated heterocycles. The second kappa shape index (κ2) is 19.0. The fraction of sp³-hybridized carbons (Fsp3) is 0.419. The molecular weight excluding hydrogens is 546 g/mol. The first-order chi connectivity index (χ1) is 18.8. The standard InChI is InChI=1S/C31H42ClN3O2S2/c1-5-12-27(33-24(4)36)13-10-8-9-11-20-38-31(7-3)39-23-30(37)34-28-16-18-35(19-17-28)22-25-14-15-26(6-2)29(32)21-25/h7-15,20-21,28H,5-6,16-19,22-23H2,1-4H3,(H,33,36)(H,34,37)/b9-8+,13-10-,20-11+,27-12+,31-7-. The van der Waals surface area contributed by atoms with Crippen LogP contribution >= 0.6 is 35.1 Å². The van der Waals surface area contributed by atoms with Gasteiger partial charge in [0.25, 0.3) is 0 Å². The number of hydrogen-bond acceptors (Lipinski definition) is 5. The lowest BCUT2D eigenvalue weighted by molar-refractivity contribution is -0.120. The number of benzene rings is 1. The van der Waals surface area contributed by atoms with Gasteiger partial charge in [0.2, 0.25) is 11.8 Å². The number of nitrogens with one attached hydrogen (secondary N) is 2. The molecule has 1 aromatic carbocycles. The van der Waals surface area contributed by atoms with E-state index in [9.17, 15) is 9.59 Å². The van der Waals surface area contributed by atoms with Gasteiger partial charge in [-0.25, -0.2) is 0 Å². The first-order valence-electron chi connectivity index (χ1n) is 13.6. The lowest BCUT2D eigenvalue weighted by Crippen LogP contribution is -2.44. The monoisotopic (exact) mass is 587 g/mol. The maximum absolute atomic E-state index is 12.6. The molecule has 8 heteroatoms. The van der Waals surface area contributed by atoms with E-state index < -0.39 is 0 Å². The number of amides is 2. The van der Waals surface area contributed by atoms with Crippen LogP contribution in [0.1, 0.15) is 58.1 Å². The Kier molecular flexibility index (Phi) is 16.1. The fourth-order valence-corrected chi connectivity index (χ4v) is 6.00. The summed E-state index contributed by atoms with van der Waals surface area (Å²) in [5.41, 5.74) is 3.23. The van der Waals surface area contributed by atoms with E-state index in [4.69, 9.17) is 11.6 Å². The number of piperidine rings is 1. The highest BCUT2D eigenvalue weighted by atomic mass is 35.5. The molecule has 0 bridgehead atoms. The van der Waals surface area contributed by atoms with E-state index in [-0.39, 0.29) is 17.9 Å². The summed E-state index contributed by atoms with van der Waals surface area (Å²) in [6, 6.07) is 6.62. The van der Waals surface area contributed by atoms with Gasteiger partial charge in [0, 0.05) is 47.6 Å². The Balaban J connectivity index is 1.67. The van der Waals surface area contributed by atoms with E-state index in [0.717, 1.165) is 60.3 Å². The molecule has 0 radical (unpaired) electrons. The van der Waals surface area contributed by atoms with E-state index in [0.29, 0.717) is 5.75 Å². The zero-order valence-corrected chi connectivity index (χ0v) is 25.9. The van der Waals surface area contributed by atoms with Gasteiger partial charge in [-0.3, -0.25) is 14.5 Å². The maximum Gasteiger partial charge on any atom is 0.230 e. The second-order valence-electron chi connectivity index (χ2n) is 9.23. The van der Waals surface area contributed by atoms with Crippen LogP contribution in [-0.4, -0.2) is 41.6 Å². The van der Waals surface area contributed by atoms with E-state index in [2.05, 4.69) is 40.7 Å². The van der Waals surface area contributed by atoms with E-state index >= 15 is 0 Å². The van der Waals surface area contributed by atoms with Crippen molar-refractivity contribution in [2.24, 2.45) is 0 Å². The van der Waals surface area contributed by atoms with Gasteiger partial charge in [0.15, 0.2) is 0 Å². The molecule has 0 spiro atoms. The first-order valence-corrected chi connectivity index (χ1v) is 15.8. The largest absolute Gasteiger partial charge is 0.353 e. The number of aryl methyl sites for hydroxylation is 1. The van der Waals surface area contributed by atoms with E-state index in [1.165, 1.54) is 18.1 Å². The molecule has 0 aromatic heterocycles. The number of rotatable bonds is 14. The summed E-state index contributed by atoms with van der Waals surface area (Å²) < 4.78 is 1.09. The summed E-state index contributed by atoms with van der Waals surface area (Å²) in [5.74, 6) is 0.423. The Morgan fingerprint density at radius 1 is 1.13 bits per heavy atom. The van der Waals surface area contributed by atoms with Crippen molar-refractivity contribution in [2.75, 3.05) is 18.8 Å². The molecule has 2 amide bonds. The highest BCUT2D eigenvalue weighted by molar-refractivity contribution is 8.23. The van der Waals surface area contributed by atoms with Crippen LogP contribution in [-0.2, 0) is 22.6 Å². The van der Waals surface area contributed by atoms with Crippen LogP contribution < -0.4 is 10.6 Å². The maximum atomic E-state index is 12.6. The molecule has 1 fully saturated rings. The molecule has 0 atom stereocenters. The number of allylic oxidation sites excluding steroid dienone is 7. The van der Waals surface area contributed by atoms with Crippen molar-refractivity contribution in [3.8, 4) is 0 Å². The van der Waals surface area contributed by atoms with Crippen molar-refractivity contribution < 1.29 is 9.59 Å². The third kappa shape index (κ3) is 13.6. The molecule has 1 aliphatic rings. The lowest BCUT2D eigenvalue weighted by atomic mass is 10.0. The molecule has 212 valence electrons. The zero-order valence-electron chi connectivity index (χ0n) is 23.5. The van der Waals surface area contributed by atoms with Crippen LogP contribution in [0, 0.1) is 0 Å². The third-order valence-corrected chi connectivity index (χ3v) is 8.74. The molecule has 0 aliphatic carbocycles. The molecule has 0 unspecified atom stereocenters. The van der Waals surface area contributed by atoms with Crippen molar-refractivity contribution >= 4 is 46.9 Å². The lowest BCUT2D eigenvalue weighted by Gasteiger charge is -2.32. The average molecular weight is 588 g/mol. The summed E-state index contributed by atoms with van der Waals surface area (Å²) in [6.07, 6.45) is 17.3. The summed E-state index contributed by atoms with van der Waals surface area (Å²) in [7, 11) is 0. The Hall–Kier alpha value is -2.19. The number of carbonyl (C=O) groups is 2. The molecule has 1 aliphatic heterocycles. The van der Waals surface area contributed by atoms with Gasteiger partial charge in [-0.05, 0) is 61.3 Å². The van der Waals surface area contributed by atoms with Gasteiger partial charge in [-0.1, -0.05) is 85.8 Å². The summed E-state index contributed by atoms with van der Waals surface area (Å²) in [5, 5.41) is 8.87. The number of halogens is 1. The van der Waals surface area contributed by atoms with Crippen LogP contribution in [0.3, 0.4) is 0 Å². The molecule has 1 heterocycles. The number of carbonyl (C=O) groups excluding carboxylic acids is 2. The average Bonchev–Trinajstić information content (AvgIpc) is 2.91. The van der Waals surface area contributed by atoms with Gasteiger partial charge in [-0.2, -0.15) is 0 Å². The predicted molar refractivity (Wildman–Crippen MR) is 171 cm³/mol. The Bertz CT molecular complexity index is 1090. The quantitative estimate of drug-likeness (QED) is 0.223. The topological polar surface area (TPSA) is 61.4 Å². The Morgan fingerprint density at radius 2 is 1.87 bits per heavy atom. The minimum absolute atomic E-state index is 0.0783. The van der Waals surface area contributed by atoms with Crippen LogP contribution in [0.25, 0.3) is 0 Å². The van der Waals surface area contributed by atoms with Gasteiger partial charge in [0.1, 0.15) is 0 Å². The van der Waals surface area contributed by atoms with Crippen molar-refractivity contribution in [1.29, 1.82) is 0 Å². The molecule has 2 rings (SSSR count). The first kappa shape index (κ1) is 33.0. The SMILES string of the molecule is C/C=C(/S/C=C/C=C/C=C\C(=C/CC)NC(C)=O)SCC(=O)NC1CCN(Cc2ccc(CC)c(Cl)c2)CC1. The van der Waals surface area contributed by atoms with Crippen molar-refractivity contribution in [2.45, 2.75) is 66.0 Å². The van der Waals surface area contributed by atoms with Crippen LogP contribution in [0.15, 0.2) is 76.1 Å². The minimum atomic E-state index is -0.0783. The summed E-state index contributed by atoms with van der Waals surface area (Å²) in [6.45, 7) is 10.5. The van der Waals surface area contributed by atoms with Gasteiger partial charge in [-0.15, -0.1) is 11.8 Å². The zero-order chi connectivity index (χ0) is 28.5. The van der Waals surface area contributed by atoms with Crippen LogP contribution in [0.2, 0.25) is 5.02 Å². The van der Waals surface area contributed by atoms with Crippen molar-refractivity contribution in [1.82, 2.24) is 15.5 Å². The number of thioether (sulfide) groups is 2. The predicted octanol–water partition coefficient (Wildman–Crippen LogP) is 7.37. The molecule has 0 saturated carbocycles. The third-order valence-electron chi connectivity index (χ3n) is 6.05. The molecule has 1 aromatic rings. The smallest absolute Gasteiger partial charge is 0.230 e. The minimum Gasteiger partial charge on any atom is -0.353 e. The van der Waals surface area contributed by atoms with E-state index in [1.54, 1.807) is 23.5 Å². The van der Waals surface area contributed by atoms with Gasteiger partial charge in [0.05, 0.1) is 5.75 Å². The Morgan fingerprint density at radius 3 is 2.51 bits per heavy atom. The number of likely N-dealkylation sites (tertiary alicyclic amines) is 1.